The Morgan fingerprint density at radius 2 is 1.71 bits per heavy atom. The van der Waals surface area contributed by atoms with Crippen molar-refractivity contribution in [3.63, 3.8) is 0 Å². The first-order valence-corrected chi connectivity index (χ1v) is 12.4. The number of likely N-dealkylation sites (N-methyl/N-ethyl adjacent to an activating group) is 1. The van der Waals surface area contributed by atoms with E-state index in [1.807, 2.05) is 30.7 Å². The lowest BCUT2D eigenvalue weighted by Crippen LogP contribution is -2.46. The van der Waals surface area contributed by atoms with Gasteiger partial charge in [-0.2, -0.15) is 0 Å². The van der Waals surface area contributed by atoms with Crippen LogP contribution in [0.3, 0.4) is 0 Å². The van der Waals surface area contributed by atoms with Crippen LogP contribution in [0.1, 0.15) is 26.2 Å². The van der Waals surface area contributed by atoms with Crippen molar-refractivity contribution in [3.8, 4) is 0 Å². The largest absolute Gasteiger partial charge is 0.381 e. The summed E-state index contributed by atoms with van der Waals surface area (Å²) in [5, 5.41) is 4.27. The van der Waals surface area contributed by atoms with E-state index in [2.05, 4.69) is 43.0 Å². The highest BCUT2D eigenvalue weighted by Crippen LogP contribution is 2.25. The van der Waals surface area contributed by atoms with Gasteiger partial charge in [-0.05, 0) is 44.0 Å². The number of nitrogens with one attached hydrogen (secondary N) is 1. The van der Waals surface area contributed by atoms with Crippen molar-refractivity contribution in [3.05, 3.63) is 36.8 Å². The number of piperazine rings is 1. The van der Waals surface area contributed by atoms with E-state index >= 15 is 0 Å². The van der Waals surface area contributed by atoms with Gasteiger partial charge in [0, 0.05) is 70.3 Å². The number of ether oxygens (including phenoxy) is 1. The molecule has 0 unspecified atom stereocenters. The molecule has 3 aromatic rings. The SMILES string of the molecule is CCN1CCN(c2ccc(Nc3ncc4ccnc(N5CCCCOCCC5)c4n3)nc2)CC1. The molecule has 0 saturated carbocycles. The third-order valence-corrected chi connectivity index (χ3v) is 6.64. The van der Waals surface area contributed by atoms with E-state index in [0.29, 0.717) is 5.95 Å². The van der Waals surface area contributed by atoms with Crippen LogP contribution in [0.4, 0.5) is 23.3 Å². The van der Waals surface area contributed by atoms with Gasteiger partial charge in [-0.3, -0.25) is 0 Å². The van der Waals surface area contributed by atoms with Crippen LogP contribution in [0.2, 0.25) is 0 Å². The zero-order valence-corrected chi connectivity index (χ0v) is 20.0. The molecule has 1 N–H and O–H groups in total. The van der Waals surface area contributed by atoms with E-state index in [0.717, 1.165) is 107 Å². The van der Waals surface area contributed by atoms with Crippen LogP contribution in [0, 0.1) is 0 Å². The van der Waals surface area contributed by atoms with Crippen LogP contribution in [0.25, 0.3) is 10.9 Å². The lowest BCUT2D eigenvalue weighted by Gasteiger charge is -2.35. The summed E-state index contributed by atoms with van der Waals surface area (Å²) in [5.74, 6) is 2.19. The molecule has 0 bridgehead atoms. The molecule has 0 spiro atoms. The third-order valence-electron chi connectivity index (χ3n) is 6.64. The Balaban J connectivity index is 1.31. The summed E-state index contributed by atoms with van der Waals surface area (Å²) in [4.78, 5) is 25.9. The average Bonchev–Trinajstić information content (AvgIpc) is 3.03. The predicted octanol–water partition coefficient (Wildman–Crippen LogP) is 3.31. The van der Waals surface area contributed by atoms with E-state index in [4.69, 9.17) is 14.7 Å². The first-order chi connectivity index (χ1) is 16.8. The Hall–Kier alpha value is -3.04. The average molecular weight is 463 g/mol. The van der Waals surface area contributed by atoms with E-state index < -0.39 is 0 Å². The lowest BCUT2D eigenvalue weighted by atomic mass is 10.2. The Kier molecular flexibility index (Phi) is 7.31. The number of rotatable bonds is 5. The molecule has 2 fully saturated rings. The van der Waals surface area contributed by atoms with Gasteiger partial charge >= 0.3 is 0 Å². The molecule has 9 heteroatoms. The topological polar surface area (TPSA) is 82.5 Å². The van der Waals surface area contributed by atoms with Crippen molar-refractivity contribution in [1.29, 1.82) is 0 Å². The standard InChI is InChI=1S/C25H34N8O/c1-2-31-12-14-32(15-13-31)21-6-7-22(27-19-21)29-25-28-18-20-8-9-26-24(23(20)30-25)33-10-3-4-16-34-17-5-11-33/h6-9,18-19H,2-5,10-17H2,1H3,(H,27,28,29,30). The molecule has 2 saturated heterocycles. The van der Waals surface area contributed by atoms with E-state index in [-0.39, 0.29) is 0 Å². The van der Waals surface area contributed by atoms with E-state index in [1.54, 1.807) is 0 Å². The molecule has 5 heterocycles. The second kappa shape index (κ2) is 10.9. The minimum Gasteiger partial charge on any atom is -0.381 e. The molecule has 3 aromatic heterocycles. The molecule has 2 aliphatic heterocycles. The van der Waals surface area contributed by atoms with Crippen LogP contribution in [-0.2, 0) is 4.74 Å². The van der Waals surface area contributed by atoms with E-state index in [9.17, 15) is 0 Å². The number of nitrogens with zero attached hydrogens (tertiary/aromatic N) is 7. The van der Waals surface area contributed by atoms with Gasteiger partial charge in [0.2, 0.25) is 5.95 Å². The Morgan fingerprint density at radius 3 is 2.53 bits per heavy atom. The Morgan fingerprint density at radius 1 is 0.853 bits per heavy atom. The van der Waals surface area contributed by atoms with Gasteiger partial charge in [0.1, 0.15) is 11.3 Å². The van der Waals surface area contributed by atoms with Crippen LogP contribution in [-0.4, -0.2) is 83.9 Å². The highest BCUT2D eigenvalue weighted by Gasteiger charge is 2.17. The van der Waals surface area contributed by atoms with Crippen LogP contribution in [0.5, 0.6) is 0 Å². The first kappa shape index (κ1) is 22.7. The van der Waals surface area contributed by atoms with Gasteiger partial charge in [0.25, 0.3) is 0 Å². The van der Waals surface area contributed by atoms with Gasteiger partial charge < -0.3 is 24.8 Å². The van der Waals surface area contributed by atoms with Gasteiger partial charge in [-0.15, -0.1) is 0 Å². The van der Waals surface area contributed by atoms with Crippen molar-refractivity contribution in [2.75, 3.05) is 74.1 Å². The van der Waals surface area contributed by atoms with Crippen molar-refractivity contribution in [2.24, 2.45) is 0 Å². The molecule has 34 heavy (non-hydrogen) atoms. The van der Waals surface area contributed by atoms with Crippen molar-refractivity contribution in [1.82, 2.24) is 24.8 Å². The summed E-state index contributed by atoms with van der Waals surface area (Å²) < 4.78 is 5.67. The maximum Gasteiger partial charge on any atom is 0.229 e. The molecule has 0 aromatic carbocycles. The fourth-order valence-corrected chi connectivity index (χ4v) is 4.61. The minimum atomic E-state index is 0.533. The molecule has 180 valence electrons. The number of pyridine rings is 2. The molecule has 9 nitrogen and oxygen atoms in total. The summed E-state index contributed by atoms with van der Waals surface area (Å²) in [5.41, 5.74) is 2.02. The zero-order chi connectivity index (χ0) is 23.2. The molecule has 0 radical (unpaired) electrons. The smallest absolute Gasteiger partial charge is 0.229 e. The zero-order valence-electron chi connectivity index (χ0n) is 20.0. The van der Waals surface area contributed by atoms with E-state index in [1.165, 1.54) is 0 Å². The van der Waals surface area contributed by atoms with Crippen molar-refractivity contribution >= 4 is 34.2 Å². The lowest BCUT2D eigenvalue weighted by molar-refractivity contribution is 0.133. The molecular weight excluding hydrogens is 428 g/mol. The number of hydrogen-bond donors (Lipinski definition) is 1. The normalized spacial score (nSPS) is 18.4. The van der Waals surface area contributed by atoms with Gasteiger partial charge in [-0.1, -0.05) is 6.92 Å². The number of fused-ring (bicyclic) bond motifs is 1. The van der Waals surface area contributed by atoms with Crippen molar-refractivity contribution in [2.45, 2.75) is 26.2 Å². The summed E-state index contributed by atoms with van der Waals surface area (Å²) >= 11 is 0. The van der Waals surface area contributed by atoms with Crippen LogP contribution >= 0.6 is 0 Å². The van der Waals surface area contributed by atoms with Crippen LogP contribution < -0.4 is 15.1 Å². The molecule has 0 amide bonds. The maximum absolute atomic E-state index is 5.67. The molecule has 0 aliphatic carbocycles. The summed E-state index contributed by atoms with van der Waals surface area (Å²) in [6.07, 6.45) is 8.77. The maximum atomic E-state index is 5.67. The summed E-state index contributed by atoms with van der Waals surface area (Å²) in [6.45, 7) is 11.1. The minimum absolute atomic E-state index is 0.533. The molecular formula is C25H34N8O. The van der Waals surface area contributed by atoms with Gasteiger partial charge in [0.15, 0.2) is 5.82 Å². The second-order valence-corrected chi connectivity index (χ2v) is 8.87. The number of hydrogen-bond acceptors (Lipinski definition) is 9. The first-order valence-electron chi connectivity index (χ1n) is 12.4. The number of anilines is 4. The second-order valence-electron chi connectivity index (χ2n) is 8.87. The molecule has 5 rings (SSSR count). The highest BCUT2D eigenvalue weighted by molar-refractivity contribution is 5.88. The number of aromatic nitrogens is 4. The summed E-state index contributed by atoms with van der Waals surface area (Å²) in [6, 6.07) is 6.09. The third kappa shape index (κ3) is 5.37. The highest BCUT2D eigenvalue weighted by atomic mass is 16.5. The molecule has 0 atom stereocenters. The predicted molar refractivity (Wildman–Crippen MR) is 136 cm³/mol. The van der Waals surface area contributed by atoms with Gasteiger partial charge in [0.05, 0.1) is 11.9 Å². The fraction of sp³-hybridized carbons (Fsp3) is 0.520. The Bertz CT molecular complexity index is 1060. The fourth-order valence-electron chi connectivity index (χ4n) is 4.61. The van der Waals surface area contributed by atoms with Crippen LogP contribution in [0.15, 0.2) is 36.8 Å². The quantitative estimate of drug-likeness (QED) is 0.614. The summed E-state index contributed by atoms with van der Waals surface area (Å²) in [7, 11) is 0. The monoisotopic (exact) mass is 462 g/mol. The van der Waals surface area contributed by atoms with Gasteiger partial charge in [-0.25, -0.2) is 19.9 Å². The molecule has 2 aliphatic rings. The Labute approximate surface area is 201 Å². The van der Waals surface area contributed by atoms with Crippen molar-refractivity contribution < 1.29 is 4.74 Å².